The van der Waals surface area contributed by atoms with Gasteiger partial charge in [-0.05, 0) is 18.8 Å². The van der Waals surface area contributed by atoms with E-state index in [0.717, 1.165) is 30.7 Å². The molecule has 1 heterocycles. The van der Waals surface area contributed by atoms with Crippen LogP contribution in [0.1, 0.15) is 32.6 Å². The summed E-state index contributed by atoms with van der Waals surface area (Å²) in [6.45, 7) is 1.61. The maximum absolute atomic E-state index is 12.4. The number of nitrogens with one attached hydrogen (secondary N) is 1. The second-order valence-electron chi connectivity index (χ2n) is 5.47. The van der Waals surface area contributed by atoms with Crippen LogP contribution < -0.4 is 11.2 Å². The van der Waals surface area contributed by atoms with Crippen molar-refractivity contribution in [2.45, 2.75) is 38.6 Å². The van der Waals surface area contributed by atoms with Crippen molar-refractivity contribution in [2.24, 2.45) is 23.5 Å². The highest BCUT2D eigenvalue weighted by Gasteiger charge is 2.50. The van der Waals surface area contributed by atoms with Gasteiger partial charge in [0.05, 0.1) is 12.0 Å². The van der Waals surface area contributed by atoms with E-state index < -0.39 is 23.8 Å². The Balaban J connectivity index is 0.00000200. The molecule has 0 aromatic rings. The van der Waals surface area contributed by atoms with E-state index in [9.17, 15) is 14.4 Å². The number of carbonyl (C=O) groups is 3. The Morgan fingerprint density at radius 3 is 2.30 bits per heavy atom. The minimum atomic E-state index is -0.921. The van der Waals surface area contributed by atoms with Crippen molar-refractivity contribution in [3.05, 3.63) is 0 Å². The lowest BCUT2D eigenvalue weighted by Gasteiger charge is -2.21. The molecule has 0 aromatic heterocycles. The predicted octanol–water partition coefficient (Wildman–Crippen LogP) is 0.250. The summed E-state index contributed by atoms with van der Waals surface area (Å²) in [6, 6.07) is -0.622. The first-order valence-electron chi connectivity index (χ1n) is 6.83. The largest absolute Gasteiger partial charge is 0.321 e. The van der Waals surface area contributed by atoms with Crippen molar-refractivity contribution in [3.63, 3.8) is 0 Å². The SMILES string of the molecule is CNN1C(=O)[C@@H](C(=O)[C@@H](N)C2CCCC2)[C@H](C)C1=O.Cl. The Morgan fingerprint density at radius 1 is 1.30 bits per heavy atom. The van der Waals surface area contributed by atoms with Crippen molar-refractivity contribution < 1.29 is 14.4 Å². The number of halogens is 1. The van der Waals surface area contributed by atoms with E-state index in [4.69, 9.17) is 5.73 Å². The molecule has 1 aliphatic carbocycles. The summed E-state index contributed by atoms with van der Waals surface area (Å²) < 4.78 is 0. The number of hydrogen-bond donors (Lipinski definition) is 2. The molecule has 0 spiro atoms. The maximum atomic E-state index is 12.4. The number of hydrogen-bond acceptors (Lipinski definition) is 5. The van der Waals surface area contributed by atoms with E-state index in [1.165, 1.54) is 7.05 Å². The number of imide groups is 1. The first kappa shape index (κ1) is 17.1. The summed E-state index contributed by atoms with van der Waals surface area (Å²) in [6.07, 6.45) is 4.04. The van der Waals surface area contributed by atoms with Crippen LogP contribution in [0.25, 0.3) is 0 Å². The summed E-state index contributed by atoms with van der Waals surface area (Å²) in [4.78, 5) is 36.3. The van der Waals surface area contributed by atoms with Crippen LogP contribution in [0.15, 0.2) is 0 Å². The van der Waals surface area contributed by atoms with Crippen molar-refractivity contribution in [2.75, 3.05) is 7.05 Å². The van der Waals surface area contributed by atoms with Gasteiger partial charge in [-0.2, -0.15) is 0 Å². The Bertz CT molecular complexity index is 410. The van der Waals surface area contributed by atoms with Gasteiger partial charge >= 0.3 is 0 Å². The highest BCUT2D eigenvalue weighted by atomic mass is 35.5. The van der Waals surface area contributed by atoms with Crippen molar-refractivity contribution in [1.82, 2.24) is 10.4 Å². The fourth-order valence-electron chi connectivity index (χ4n) is 3.15. The molecular formula is C13H22ClN3O3. The van der Waals surface area contributed by atoms with E-state index >= 15 is 0 Å². The standard InChI is InChI=1S/C13H21N3O3.ClH/c1-7-9(13(19)16(15-2)12(7)18)11(17)10(14)8-5-3-4-6-8;/h7-10,15H,3-6,14H2,1-2H3;1H/t7-,9+,10-;/m0./s1. The average molecular weight is 304 g/mol. The number of amides is 2. The fraction of sp³-hybridized carbons (Fsp3) is 0.769. The van der Waals surface area contributed by atoms with Crippen LogP contribution in [0.2, 0.25) is 0 Å². The van der Waals surface area contributed by atoms with Gasteiger partial charge in [-0.1, -0.05) is 19.8 Å². The highest BCUT2D eigenvalue weighted by molar-refractivity contribution is 6.16. The maximum Gasteiger partial charge on any atom is 0.255 e. The number of rotatable bonds is 4. The zero-order valence-electron chi connectivity index (χ0n) is 11.8. The molecule has 0 radical (unpaired) electrons. The van der Waals surface area contributed by atoms with Gasteiger partial charge in [-0.25, -0.2) is 10.4 Å². The summed E-state index contributed by atoms with van der Waals surface area (Å²) in [7, 11) is 1.49. The average Bonchev–Trinajstić information content (AvgIpc) is 2.98. The summed E-state index contributed by atoms with van der Waals surface area (Å²) in [5, 5.41) is 0.925. The topological polar surface area (TPSA) is 92.5 Å². The van der Waals surface area contributed by atoms with E-state index in [1.807, 2.05) is 0 Å². The molecule has 7 heteroatoms. The van der Waals surface area contributed by atoms with E-state index in [0.29, 0.717) is 0 Å². The molecule has 2 rings (SSSR count). The molecule has 0 bridgehead atoms. The third-order valence-corrected chi connectivity index (χ3v) is 4.36. The van der Waals surface area contributed by atoms with Gasteiger partial charge < -0.3 is 5.73 Å². The van der Waals surface area contributed by atoms with Gasteiger partial charge in [-0.3, -0.25) is 14.4 Å². The number of nitrogens with zero attached hydrogens (tertiary/aromatic N) is 1. The lowest BCUT2D eigenvalue weighted by Crippen LogP contribution is -2.46. The van der Waals surface area contributed by atoms with Gasteiger partial charge in [0.1, 0.15) is 5.92 Å². The molecule has 6 nitrogen and oxygen atoms in total. The molecule has 3 N–H and O–H groups in total. The Labute approximate surface area is 124 Å². The van der Waals surface area contributed by atoms with Crippen molar-refractivity contribution in [1.29, 1.82) is 0 Å². The van der Waals surface area contributed by atoms with Crippen LogP contribution in [0.4, 0.5) is 0 Å². The second kappa shape index (κ2) is 6.65. The highest BCUT2D eigenvalue weighted by Crippen LogP contribution is 2.32. The molecule has 0 aromatic carbocycles. The molecule has 1 aliphatic heterocycles. The van der Waals surface area contributed by atoms with Gasteiger partial charge in [0.25, 0.3) is 5.91 Å². The Kier molecular flexibility index (Phi) is 5.68. The van der Waals surface area contributed by atoms with Gasteiger partial charge in [0.2, 0.25) is 5.91 Å². The molecule has 114 valence electrons. The zero-order chi connectivity index (χ0) is 14.2. The van der Waals surface area contributed by atoms with E-state index in [-0.39, 0.29) is 30.0 Å². The molecule has 2 aliphatic rings. The molecule has 1 saturated heterocycles. The minimum Gasteiger partial charge on any atom is -0.321 e. The Hall–Kier alpha value is -0.980. The smallest absolute Gasteiger partial charge is 0.255 e. The lowest BCUT2D eigenvalue weighted by molar-refractivity contribution is -0.144. The number of ketones is 1. The minimum absolute atomic E-state index is 0. The van der Waals surface area contributed by atoms with Crippen LogP contribution in [0.5, 0.6) is 0 Å². The number of hydrazine groups is 1. The molecular weight excluding hydrogens is 282 g/mol. The lowest BCUT2D eigenvalue weighted by atomic mass is 9.84. The summed E-state index contributed by atoms with van der Waals surface area (Å²) in [5.74, 6) is -2.50. The normalized spacial score (nSPS) is 28.6. The Morgan fingerprint density at radius 2 is 1.85 bits per heavy atom. The van der Waals surface area contributed by atoms with E-state index in [2.05, 4.69) is 5.43 Å². The van der Waals surface area contributed by atoms with Gasteiger partial charge in [-0.15, -0.1) is 12.4 Å². The van der Waals surface area contributed by atoms with Crippen LogP contribution in [-0.2, 0) is 14.4 Å². The number of Topliss-reactive ketones (excluding diaryl/α,β-unsaturated/α-hetero) is 1. The monoisotopic (exact) mass is 303 g/mol. The molecule has 2 fully saturated rings. The van der Waals surface area contributed by atoms with Crippen LogP contribution in [-0.4, -0.2) is 35.7 Å². The van der Waals surface area contributed by atoms with Crippen LogP contribution in [0.3, 0.4) is 0 Å². The third-order valence-electron chi connectivity index (χ3n) is 4.36. The molecule has 3 atom stereocenters. The van der Waals surface area contributed by atoms with Crippen molar-refractivity contribution >= 4 is 30.0 Å². The molecule has 2 amide bonds. The molecule has 20 heavy (non-hydrogen) atoms. The van der Waals surface area contributed by atoms with Gasteiger partial charge in [0.15, 0.2) is 5.78 Å². The zero-order valence-corrected chi connectivity index (χ0v) is 12.6. The first-order valence-corrected chi connectivity index (χ1v) is 6.83. The summed E-state index contributed by atoms with van der Waals surface area (Å²) >= 11 is 0. The van der Waals surface area contributed by atoms with E-state index in [1.54, 1.807) is 6.92 Å². The third kappa shape index (κ3) is 2.73. The predicted molar refractivity (Wildman–Crippen MR) is 75.8 cm³/mol. The van der Waals surface area contributed by atoms with Gasteiger partial charge in [0, 0.05) is 7.05 Å². The number of nitrogens with two attached hydrogens (primary N) is 1. The number of carbonyl (C=O) groups excluding carboxylic acids is 3. The second-order valence-corrected chi connectivity index (χ2v) is 5.47. The molecule has 0 unspecified atom stereocenters. The van der Waals surface area contributed by atoms with Crippen molar-refractivity contribution in [3.8, 4) is 0 Å². The summed E-state index contributed by atoms with van der Waals surface area (Å²) in [5.41, 5.74) is 8.54. The first-order chi connectivity index (χ1) is 8.99. The fourth-order valence-corrected chi connectivity index (χ4v) is 3.15. The van der Waals surface area contributed by atoms with Crippen LogP contribution >= 0.6 is 12.4 Å². The molecule has 1 saturated carbocycles. The van der Waals surface area contributed by atoms with Crippen LogP contribution in [0, 0.1) is 17.8 Å². The quantitative estimate of drug-likeness (QED) is 0.574.